The topological polar surface area (TPSA) is 30.0 Å². The highest BCUT2D eigenvalue weighted by atomic mass is 28.3. The number of hydrogen-bond donors (Lipinski definition) is 0. The first kappa shape index (κ1) is 21.9. The van der Waals surface area contributed by atoms with Gasteiger partial charge in [-0.25, -0.2) is 4.39 Å². The molecule has 0 saturated heterocycles. The fraction of sp³-hybridized carbons (Fsp3) is 0.520. The predicted molar refractivity (Wildman–Crippen MR) is 122 cm³/mol. The summed E-state index contributed by atoms with van der Waals surface area (Å²) in [5.74, 6) is -0.0951. The maximum Gasteiger partial charge on any atom is 0.152 e. The number of carbonyl (C=O) groups is 1. The lowest BCUT2D eigenvalue weighted by molar-refractivity contribution is 0.112. The molecule has 0 saturated carbocycles. The van der Waals surface area contributed by atoms with Crippen molar-refractivity contribution in [1.29, 1.82) is 0 Å². The lowest BCUT2D eigenvalue weighted by atomic mass is 9.84. The fourth-order valence-electron chi connectivity index (χ4n) is 4.60. The lowest BCUT2D eigenvalue weighted by Gasteiger charge is -2.46. The van der Waals surface area contributed by atoms with Crippen LogP contribution in [0, 0.1) is 5.82 Å². The molecule has 1 aromatic heterocycles. The van der Waals surface area contributed by atoms with Gasteiger partial charge in [-0.05, 0) is 64.6 Å². The highest BCUT2D eigenvalue weighted by molar-refractivity contribution is 6.81. The molecule has 29 heavy (non-hydrogen) atoms. The Hall–Kier alpha value is -1.81. The first-order chi connectivity index (χ1) is 13.5. The molecule has 1 aliphatic rings. The summed E-state index contributed by atoms with van der Waals surface area (Å²) in [5, 5.41) is 0.227. The molecule has 0 radical (unpaired) electrons. The maximum absolute atomic E-state index is 13.7. The van der Waals surface area contributed by atoms with Gasteiger partial charge in [0.2, 0.25) is 0 Å². The smallest absolute Gasteiger partial charge is 0.152 e. The number of aromatic nitrogens is 1. The Labute approximate surface area is 176 Å². The molecular formula is C25H34FNOSi. The Kier molecular flexibility index (Phi) is 5.88. The Morgan fingerprint density at radius 1 is 1.17 bits per heavy atom. The summed E-state index contributed by atoms with van der Waals surface area (Å²) >= 11 is 0. The van der Waals surface area contributed by atoms with E-state index in [1.807, 2.05) is 12.1 Å². The van der Waals surface area contributed by atoms with Gasteiger partial charge < -0.3 is 0 Å². The number of aryl methyl sites for hydroxylation is 1. The van der Waals surface area contributed by atoms with Crippen molar-refractivity contribution < 1.29 is 9.18 Å². The molecule has 0 N–H and O–H groups in total. The minimum Gasteiger partial charge on any atom is -0.298 e. The van der Waals surface area contributed by atoms with Crippen molar-refractivity contribution in [2.24, 2.45) is 0 Å². The normalized spacial score (nSPS) is 17.3. The first-order valence-corrected chi connectivity index (χ1v) is 13.8. The number of fused-ring (bicyclic) bond motifs is 1. The summed E-state index contributed by atoms with van der Waals surface area (Å²) < 4.78 is 13.7. The predicted octanol–water partition coefficient (Wildman–Crippen LogP) is 7.29. The molecule has 1 aliphatic carbocycles. The van der Waals surface area contributed by atoms with Gasteiger partial charge in [0.15, 0.2) is 6.29 Å². The zero-order valence-corrected chi connectivity index (χ0v) is 19.9. The molecule has 4 heteroatoms. The highest BCUT2D eigenvalue weighted by Crippen LogP contribution is 2.52. The molecule has 3 rings (SSSR count). The van der Waals surface area contributed by atoms with Gasteiger partial charge in [-0.1, -0.05) is 59.8 Å². The van der Waals surface area contributed by atoms with E-state index in [9.17, 15) is 9.18 Å². The molecule has 0 fully saturated rings. The monoisotopic (exact) mass is 411 g/mol. The van der Waals surface area contributed by atoms with E-state index in [-0.39, 0.29) is 16.8 Å². The molecule has 0 aliphatic heterocycles. The average molecular weight is 412 g/mol. The van der Waals surface area contributed by atoms with Crippen LogP contribution in [0.15, 0.2) is 24.3 Å². The molecule has 0 bridgehead atoms. The van der Waals surface area contributed by atoms with Crippen molar-refractivity contribution >= 4 is 14.4 Å². The van der Waals surface area contributed by atoms with Gasteiger partial charge in [0.25, 0.3) is 0 Å². The number of rotatable bonds is 4. The van der Waals surface area contributed by atoms with Crippen LogP contribution in [0.3, 0.4) is 0 Å². The van der Waals surface area contributed by atoms with Crippen molar-refractivity contribution in [1.82, 2.24) is 4.98 Å². The van der Waals surface area contributed by atoms with Gasteiger partial charge >= 0.3 is 0 Å². The summed E-state index contributed by atoms with van der Waals surface area (Å²) in [5.41, 5.74) is 6.34. The van der Waals surface area contributed by atoms with Gasteiger partial charge in [0, 0.05) is 11.3 Å². The second-order valence-corrected chi connectivity index (χ2v) is 16.0. The van der Waals surface area contributed by atoms with Crippen LogP contribution in [-0.2, 0) is 6.42 Å². The third kappa shape index (κ3) is 3.84. The van der Waals surface area contributed by atoms with Crippen LogP contribution in [-0.4, -0.2) is 19.3 Å². The van der Waals surface area contributed by atoms with Gasteiger partial charge in [-0.2, -0.15) is 0 Å². The van der Waals surface area contributed by atoms with Crippen LogP contribution in [0.1, 0.15) is 86.2 Å². The standard InChI is InChI=1S/C25H34FNOSi/c1-16(2)24-19(15-28)22(17-11-13-18(26)14-12-17)23-20(27-24)9-8-10-21(23)29(6,7)25(3,4)5/h11-16,21H,8-10H2,1-7H3. The highest BCUT2D eigenvalue weighted by Gasteiger charge is 2.45. The van der Waals surface area contributed by atoms with E-state index in [0.29, 0.717) is 11.1 Å². The second kappa shape index (κ2) is 7.79. The molecular weight excluding hydrogens is 377 g/mol. The zero-order chi connectivity index (χ0) is 21.6. The SMILES string of the molecule is CC(C)c1nc2c(c(-c3ccc(F)cc3)c1C=O)C([Si](C)(C)C(C)(C)C)CCC2. The summed E-state index contributed by atoms with van der Waals surface area (Å²) in [7, 11) is -1.74. The van der Waals surface area contributed by atoms with Crippen molar-refractivity contribution in [2.75, 3.05) is 0 Å². The minimum atomic E-state index is -1.74. The molecule has 1 heterocycles. The number of aldehydes is 1. The van der Waals surface area contributed by atoms with Gasteiger partial charge in [-0.3, -0.25) is 9.78 Å². The summed E-state index contributed by atoms with van der Waals surface area (Å²) in [6.07, 6.45) is 4.20. The largest absolute Gasteiger partial charge is 0.298 e. The van der Waals surface area contributed by atoms with E-state index < -0.39 is 8.07 Å². The molecule has 156 valence electrons. The van der Waals surface area contributed by atoms with E-state index in [2.05, 4.69) is 47.7 Å². The maximum atomic E-state index is 13.7. The number of hydrogen-bond acceptors (Lipinski definition) is 2. The zero-order valence-electron chi connectivity index (χ0n) is 18.9. The van der Waals surface area contributed by atoms with Crippen molar-refractivity contribution in [2.45, 2.75) is 83.5 Å². The Bertz CT molecular complexity index is 910. The molecule has 2 aromatic rings. The first-order valence-electron chi connectivity index (χ1n) is 10.8. The van der Waals surface area contributed by atoms with Crippen molar-refractivity contribution in [3.8, 4) is 11.1 Å². The van der Waals surface area contributed by atoms with Crippen LogP contribution in [0.4, 0.5) is 4.39 Å². The minimum absolute atomic E-state index is 0.160. The van der Waals surface area contributed by atoms with Crippen LogP contribution < -0.4 is 0 Å². The Morgan fingerprint density at radius 2 is 1.79 bits per heavy atom. The van der Waals surface area contributed by atoms with Gasteiger partial charge in [-0.15, -0.1) is 0 Å². The summed E-state index contributed by atoms with van der Waals surface area (Å²) in [6, 6.07) is 6.63. The number of carbonyl (C=O) groups excluding carboxylic acids is 1. The molecule has 2 nitrogen and oxygen atoms in total. The molecule has 0 spiro atoms. The van der Waals surface area contributed by atoms with E-state index >= 15 is 0 Å². The van der Waals surface area contributed by atoms with E-state index in [4.69, 9.17) is 4.98 Å². The number of nitrogens with zero attached hydrogens (tertiary/aromatic N) is 1. The van der Waals surface area contributed by atoms with Crippen LogP contribution in [0.25, 0.3) is 11.1 Å². The Balaban J connectivity index is 2.40. The quantitative estimate of drug-likeness (QED) is 0.390. The van der Waals surface area contributed by atoms with E-state index in [1.165, 1.54) is 17.7 Å². The summed E-state index contributed by atoms with van der Waals surface area (Å²) in [4.78, 5) is 17.4. The molecule has 0 amide bonds. The molecule has 1 aromatic carbocycles. The Morgan fingerprint density at radius 3 is 2.31 bits per heavy atom. The number of halogens is 1. The van der Waals surface area contributed by atoms with Crippen molar-refractivity contribution in [3.63, 3.8) is 0 Å². The van der Waals surface area contributed by atoms with Gasteiger partial charge in [0.05, 0.1) is 13.8 Å². The number of pyridine rings is 1. The van der Waals surface area contributed by atoms with Crippen LogP contribution in [0.2, 0.25) is 18.1 Å². The van der Waals surface area contributed by atoms with Crippen LogP contribution >= 0.6 is 0 Å². The van der Waals surface area contributed by atoms with E-state index in [0.717, 1.165) is 48.1 Å². The average Bonchev–Trinajstić information content (AvgIpc) is 2.65. The van der Waals surface area contributed by atoms with Crippen LogP contribution in [0.5, 0.6) is 0 Å². The molecule has 1 atom stereocenters. The fourth-order valence-corrected chi connectivity index (χ4v) is 7.60. The third-order valence-electron chi connectivity index (χ3n) is 7.24. The number of benzene rings is 1. The lowest BCUT2D eigenvalue weighted by Crippen LogP contribution is -2.45. The van der Waals surface area contributed by atoms with E-state index in [1.54, 1.807) is 0 Å². The van der Waals surface area contributed by atoms with Gasteiger partial charge in [0.1, 0.15) is 5.82 Å². The molecule has 1 unspecified atom stereocenters. The summed E-state index contributed by atoms with van der Waals surface area (Å²) in [6.45, 7) is 16.2. The third-order valence-corrected chi connectivity index (χ3v) is 13.4. The van der Waals surface area contributed by atoms with Crippen molar-refractivity contribution in [3.05, 3.63) is 52.6 Å². The second-order valence-electron chi connectivity index (χ2n) is 10.3.